The number of hydrogen-bond acceptors (Lipinski definition) is 5. The number of nitrogens with one attached hydrogen (secondary N) is 1. The number of carbonyl (C=O) groups excluding carboxylic acids is 1. The Kier molecular flexibility index (Phi) is 3.96. The molecule has 0 aromatic carbocycles. The Morgan fingerprint density at radius 2 is 2.32 bits per heavy atom. The Morgan fingerprint density at radius 3 is 2.89 bits per heavy atom. The van der Waals surface area contributed by atoms with Gasteiger partial charge >= 0.3 is 5.97 Å². The van der Waals surface area contributed by atoms with Crippen molar-refractivity contribution in [1.29, 1.82) is 0 Å². The maximum absolute atomic E-state index is 11.8. The largest absolute Gasteiger partial charge is 0.478 e. The zero-order valence-corrected chi connectivity index (χ0v) is 10.5. The first-order valence-electron chi connectivity index (χ1n) is 5.89. The molecular weight excluding hydrogens is 250 g/mol. The molecule has 0 saturated carbocycles. The van der Waals surface area contributed by atoms with E-state index in [0.29, 0.717) is 25.6 Å². The lowest BCUT2D eigenvalue weighted by molar-refractivity contribution is -0.124. The number of carboxylic acid groups (broad SMARTS) is 1. The Balaban J connectivity index is 2.22. The van der Waals surface area contributed by atoms with Gasteiger partial charge in [0.1, 0.15) is 11.9 Å². The fourth-order valence-electron chi connectivity index (χ4n) is 1.94. The molecule has 1 aromatic heterocycles. The minimum Gasteiger partial charge on any atom is -0.478 e. The van der Waals surface area contributed by atoms with Crippen molar-refractivity contribution in [2.24, 2.45) is 0 Å². The van der Waals surface area contributed by atoms with Crippen molar-refractivity contribution in [3.63, 3.8) is 0 Å². The summed E-state index contributed by atoms with van der Waals surface area (Å²) in [5, 5.41) is 11.4. The standard InChI is InChI=1S/C12H15N3O4/c1-13-11(16)9-7-19-5-4-15(9)10-3-2-8(6-14-10)12(17)18/h2-3,6,9H,4-5,7H2,1H3,(H,13,16)(H,17,18). The first kappa shape index (κ1) is 13.3. The normalized spacial score (nSPS) is 19.0. The van der Waals surface area contributed by atoms with Crippen LogP contribution in [0.15, 0.2) is 18.3 Å². The second-order valence-corrected chi connectivity index (χ2v) is 4.11. The van der Waals surface area contributed by atoms with Crippen LogP contribution in [0, 0.1) is 0 Å². The summed E-state index contributed by atoms with van der Waals surface area (Å²) >= 11 is 0. The topological polar surface area (TPSA) is 91.8 Å². The van der Waals surface area contributed by atoms with Gasteiger partial charge in [-0.3, -0.25) is 4.79 Å². The molecule has 0 aliphatic carbocycles. The molecule has 1 aliphatic rings. The van der Waals surface area contributed by atoms with Gasteiger partial charge in [0.15, 0.2) is 0 Å². The third kappa shape index (κ3) is 2.82. The minimum atomic E-state index is -1.02. The molecule has 7 nitrogen and oxygen atoms in total. The molecule has 1 atom stereocenters. The van der Waals surface area contributed by atoms with Gasteiger partial charge in [-0.05, 0) is 12.1 Å². The summed E-state index contributed by atoms with van der Waals surface area (Å²) < 4.78 is 5.29. The molecular formula is C12H15N3O4. The van der Waals surface area contributed by atoms with Crippen molar-refractivity contribution < 1.29 is 19.4 Å². The number of anilines is 1. The van der Waals surface area contributed by atoms with E-state index >= 15 is 0 Å². The van der Waals surface area contributed by atoms with Gasteiger partial charge in [-0.15, -0.1) is 0 Å². The number of aromatic carboxylic acids is 1. The van der Waals surface area contributed by atoms with Gasteiger partial charge in [0.25, 0.3) is 0 Å². The number of likely N-dealkylation sites (N-methyl/N-ethyl adjacent to an activating group) is 1. The molecule has 2 rings (SSSR count). The predicted molar refractivity (Wildman–Crippen MR) is 67.2 cm³/mol. The van der Waals surface area contributed by atoms with Crippen LogP contribution in [0.4, 0.5) is 5.82 Å². The lowest BCUT2D eigenvalue weighted by Crippen LogP contribution is -2.53. The number of hydrogen-bond donors (Lipinski definition) is 2. The first-order chi connectivity index (χ1) is 9.13. The van der Waals surface area contributed by atoms with E-state index in [2.05, 4.69) is 10.3 Å². The Hall–Kier alpha value is -2.15. The maximum atomic E-state index is 11.8. The minimum absolute atomic E-state index is 0.119. The third-order valence-corrected chi connectivity index (χ3v) is 2.97. The van der Waals surface area contributed by atoms with E-state index in [9.17, 15) is 9.59 Å². The summed E-state index contributed by atoms with van der Waals surface area (Å²) in [7, 11) is 1.57. The number of aromatic nitrogens is 1. The van der Waals surface area contributed by atoms with E-state index in [-0.39, 0.29) is 11.5 Å². The second-order valence-electron chi connectivity index (χ2n) is 4.11. The lowest BCUT2D eigenvalue weighted by atomic mass is 10.2. The monoisotopic (exact) mass is 265 g/mol. The zero-order chi connectivity index (χ0) is 13.8. The molecule has 1 saturated heterocycles. The van der Waals surface area contributed by atoms with Gasteiger partial charge in [0, 0.05) is 19.8 Å². The maximum Gasteiger partial charge on any atom is 0.337 e. The molecule has 19 heavy (non-hydrogen) atoms. The van der Waals surface area contributed by atoms with Crippen molar-refractivity contribution in [2.75, 3.05) is 31.7 Å². The third-order valence-electron chi connectivity index (χ3n) is 2.97. The van der Waals surface area contributed by atoms with Gasteiger partial charge in [-0.25, -0.2) is 9.78 Å². The van der Waals surface area contributed by atoms with Gasteiger partial charge in [-0.1, -0.05) is 0 Å². The summed E-state index contributed by atoms with van der Waals surface area (Å²) in [5.41, 5.74) is 0.119. The number of ether oxygens (including phenoxy) is 1. The second kappa shape index (κ2) is 5.66. The highest BCUT2D eigenvalue weighted by molar-refractivity contribution is 5.88. The molecule has 1 aliphatic heterocycles. The van der Waals surface area contributed by atoms with Crippen molar-refractivity contribution in [3.8, 4) is 0 Å². The molecule has 1 amide bonds. The quantitative estimate of drug-likeness (QED) is 0.781. The number of morpholine rings is 1. The molecule has 0 spiro atoms. The van der Waals surface area contributed by atoms with Crippen LogP contribution in [0.5, 0.6) is 0 Å². The van der Waals surface area contributed by atoms with Crippen LogP contribution in [-0.2, 0) is 9.53 Å². The number of rotatable bonds is 3. The van der Waals surface area contributed by atoms with E-state index in [1.807, 2.05) is 4.90 Å². The van der Waals surface area contributed by atoms with Crippen LogP contribution in [0.3, 0.4) is 0 Å². The first-order valence-corrected chi connectivity index (χ1v) is 5.89. The highest BCUT2D eigenvalue weighted by atomic mass is 16.5. The highest BCUT2D eigenvalue weighted by Gasteiger charge is 2.29. The molecule has 0 radical (unpaired) electrons. The molecule has 2 heterocycles. The fourth-order valence-corrected chi connectivity index (χ4v) is 1.94. The molecule has 2 N–H and O–H groups in total. The summed E-state index contributed by atoms with van der Waals surface area (Å²) in [6, 6.07) is 2.63. The van der Waals surface area contributed by atoms with E-state index in [4.69, 9.17) is 9.84 Å². The molecule has 102 valence electrons. The van der Waals surface area contributed by atoms with Crippen LogP contribution in [-0.4, -0.2) is 54.8 Å². The number of carbonyl (C=O) groups is 2. The van der Waals surface area contributed by atoms with Crippen molar-refractivity contribution >= 4 is 17.7 Å². The van der Waals surface area contributed by atoms with Crippen LogP contribution in [0.25, 0.3) is 0 Å². The van der Waals surface area contributed by atoms with Crippen LogP contribution in [0.2, 0.25) is 0 Å². The van der Waals surface area contributed by atoms with Crippen LogP contribution >= 0.6 is 0 Å². The van der Waals surface area contributed by atoms with Crippen LogP contribution < -0.4 is 10.2 Å². The van der Waals surface area contributed by atoms with Gasteiger partial charge < -0.3 is 20.1 Å². The molecule has 1 fully saturated rings. The average Bonchev–Trinajstić information content (AvgIpc) is 2.46. The zero-order valence-electron chi connectivity index (χ0n) is 10.5. The van der Waals surface area contributed by atoms with E-state index < -0.39 is 12.0 Å². The van der Waals surface area contributed by atoms with Crippen molar-refractivity contribution in [3.05, 3.63) is 23.9 Å². The Morgan fingerprint density at radius 1 is 1.53 bits per heavy atom. The smallest absolute Gasteiger partial charge is 0.337 e. The summed E-state index contributed by atoms with van der Waals surface area (Å²) in [4.78, 5) is 28.5. The summed E-state index contributed by atoms with van der Waals surface area (Å²) in [6.07, 6.45) is 1.29. The SMILES string of the molecule is CNC(=O)C1COCCN1c1ccc(C(=O)O)cn1. The Bertz CT molecular complexity index is 474. The predicted octanol–water partition coefficient (Wildman–Crippen LogP) is -0.269. The number of pyridine rings is 1. The summed E-state index contributed by atoms with van der Waals surface area (Å²) in [6.45, 7) is 1.34. The van der Waals surface area contributed by atoms with Crippen LogP contribution in [0.1, 0.15) is 10.4 Å². The molecule has 7 heteroatoms. The number of carboxylic acids is 1. The Labute approximate surface area is 110 Å². The molecule has 0 bridgehead atoms. The van der Waals surface area contributed by atoms with E-state index in [0.717, 1.165) is 0 Å². The van der Waals surface area contributed by atoms with E-state index in [1.54, 1.807) is 13.1 Å². The van der Waals surface area contributed by atoms with E-state index in [1.165, 1.54) is 12.3 Å². The molecule has 1 unspecified atom stereocenters. The lowest BCUT2D eigenvalue weighted by Gasteiger charge is -2.35. The average molecular weight is 265 g/mol. The number of amides is 1. The molecule has 1 aromatic rings. The van der Waals surface area contributed by atoms with Crippen molar-refractivity contribution in [1.82, 2.24) is 10.3 Å². The number of nitrogens with zero attached hydrogens (tertiary/aromatic N) is 2. The summed E-state index contributed by atoms with van der Waals surface area (Å²) in [5.74, 6) is -0.602. The fraction of sp³-hybridized carbons (Fsp3) is 0.417. The van der Waals surface area contributed by atoms with Gasteiger partial charge in [0.05, 0.1) is 18.8 Å². The highest BCUT2D eigenvalue weighted by Crippen LogP contribution is 2.17. The van der Waals surface area contributed by atoms with Crippen molar-refractivity contribution in [2.45, 2.75) is 6.04 Å². The van der Waals surface area contributed by atoms with Gasteiger partial charge in [0.2, 0.25) is 5.91 Å². The van der Waals surface area contributed by atoms with Gasteiger partial charge in [-0.2, -0.15) is 0 Å².